The molecule has 6 heteroatoms. The van der Waals surface area contributed by atoms with E-state index in [-0.39, 0.29) is 6.61 Å². The number of rotatable bonds is 2. The number of hydrogen-bond acceptors (Lipinski definition) is 5. The summed E-state index contributed by atoms with van der Waals surface area (Å²) in [6.07, 6.45) is 3.39. The van der Waals surface area contributed by atoms with Crippen molar-refractivity contribution in [1.82, 2.24) is 19.6 Å². The van der Waals surface area contributed by atoms with E-state index in [0.717, 1.165) is 0 Å². The Hall–Kier alpha value is -1.53. The molecule has 0 fully saturated rings. The SMILES string of the molecule is CC(N)(CO)c1nnc2ncccn12. The van der Waals surface area contributed by atoms with Crippen LogP contribution in [0.5, 0.6) is 0 Å². The van der Waals surface area contributed by atoms with Crippen LogP contribution in [-0.4, -0.2) is 31.3 Å². The van der Waals surface area contributed by atoms with E-state index < -0.39 is 5.54 Å². The lowest BCUT2D eigenvalue weighted by Crippen LogP contribution is -2.39. The van der Waals surface area contributed by atoms with E-state index in [1.807, 2.05) is 0 Å². The Balaban J connectivity index is 2.64. The van der Waals surface area contributed by atoms with E-state index in [9.17, 15) is 0 Å². The fourth-order valence-electron chi connectivity index (χ4n) is 1.20. The van der Waals surface area contributed by atoms with Crippen molar-refractivity contribution in [3.63, 3.8) is 0 Å². The highest BCUT2D eigenvalue weighted by Gasteiger charge is 2.26. The third-order valence-corrected chi connectivity index (χ3v) is 2.03. The number of aliphatic hydroxyl groups excluding tert-OH is 1. The second kappa shape index (κ2) is 3.00. The van der Waals surface area contributed by atoms with Gasteiger partial charge in [-0.3, -0.25) is 4.40 Å². The Bertz CT molecular complexity index is 450. The molecule has 74 valence electrons. The Kier molecular flexibility index (Phi) is 1.94. The number of aromatic nitrogens is 4. The van der Waals surface area contributed by atoms with Gasteiger partial charge in [0.05, 0.1) is 12.1 Å². The maximum atomic E-state index is 9.10. The molecular weight excluding hydrogens is 182 g/mol. The molecule has 2 aromatic heterocycles. The van der Waals surface area contributed by atoms with Crippen molar-refractivity contribution in [3.05, 3.63) is 24.3 Å². The third-order valence-electron chi connectivity index (χ3n) is 2.03. The molecule has 6 nitrogen and oxygen atoms in total. The van der Waals surface area contributed by atoms with Crippen molar-refractivity contribution >= 4 is 5.78 Å². The Morgan fingerprint density at radius 2 is 2.36 bits per heavy atom. The molecule has 3 N–H and O–H groups in total. The molecule has 0 saturated heterocycles. The van der Waals surface area contributed by atoms with Gasteiger partial charge < -0.3 is 10.8 Å². The van der Waals surface area contributed by atoms with Crippen molar-refractivity contribution in [2.45, 2.75) is 12.5 Å². The summed E-state index contributed by atoms with van der Waals surface area (Å²) in [7, 11) is 0. The summed E-state index contributed by atoms with van der Waals surface area (Å²) in [6.45, 7) is 1.50. The molecule has 2 aromatic rings. The molecule has 0 amide bonds. The molecule has 0 saturated carbocycles. The van der Waals surface area contributed by atoms with Crippen LogP contribution in [0, 0.1) is 0 Å². The second-order valence-electron chi connectivity index (χ2n) is 3.39. The van der Waals surface area contributed by atoms with Gasteiger partial charge in [-0.1, -0.05) is 0 Å². The first-order chi connectivity index (χ1) is 6.65. The maximum absolute atomic E-state index is 9.10. The van der Waals surface area contributed by atoms with Gasteiger partial charge >= 0.3 is 0 Å². The molecular formula is C8H11N5O. The quantitative estimate of drug-likeness (QED) is 0.657. The van der Waals surface area contributed by atoms with Gasteiger partial charge in [-0.15, -0.1) is 10.2 Å². The van der Waals surface area contributed by atoms with E-state index >= 15 is 0 Å². The normalized spacial score (nSPS) is 15.6. The fourth-order valence-corrected chi connectivity index (χ4v) is 1.20. The lowest BCUT2D eigenvalue weighted by atomic mass is 10.1. The fraction of sp³-hybridized carbons (Fsp3) is 0.375. The molecule has 0 aromatic carbocycles. The van der Waals surface area contributed by atoms with Crippen LogP contribution in [0.2, 0.25) is 0 Å². The van der Waals surface area contributed by atoms with Crippen LogP contribution >= 0.6 is 0 Å². The zero-order valence-corrected chi connectivity index (χ0v) is 7.75. The van der Waals surface area contributed by atoms with E-state index in [0.29, 0.717) is 11.6 Å². The monoisotopic (exact) mass is 193 g/mol. The predicted octanol–water partition coefficient (Wildman–Crippen LogP) is -0.710. The van der Waals surface area contributed by atoms with Gasteiger partial charge in [0.15, 0.2) is 5.82 Å². The lowest BCUT2D eigenvalue weighted by Gasteiger charge is -2.18. The Morgan fingerprint density at radius 1 is 1.57 bits per heavy atom. The molecule has 0 aliphatic heterocycles. The lowest BCUT2D eigenvalue weighted by molar-refractivity contribution is 0.202. The molecule has 0 spiro atoms. The third kappa shape index (κ3) is 1.24. The van der Waals surface area contributed by atoms with Crippen LogP contribution in [-0.2, 0) is 5.54 Å². The van der Waals surface area contributed by atoms with Gasteiger partial charge in [0.1, 0.15) is 0 Å². The van der Waals surface area contributed by atoms with Crippen LogP contribution in [0.4, 0.5) is 0 Å². The minimum atomic E-state index is -0.900. The average molecular weight is 193 g/mol. The number of fused-ring (bicyclic) bond motifs is 1. The molecule has 14 heavy (non-hydrogen) atoms. The summed E-state index contributed by atoms with van der Waals surface area (Å²) in [4.78, 5) is 4.00. The van der Waals surface area contributed by atoms with Crippen molar-refractivity contribution in [3.8, 4) is 0 Å². The van der Waals surface area contributed by atoms with Crippen molar-refractivity contribution in [2.75, 3.05) is 6.61 Å². The first-order valence-electron chi connectivity index (χ1n) is 4.21. The molecule has 2 heterocycles. The highest BCUT2D eigenvalue weighted by molar-refractivity contribution is 5.28. The first-order valence-corrected chi connectivity index (χ1v) is 4.21. The zero-order valence-electron chi connectivity index (χ0n) is 7.75. The van der Waals surface area contributed by atoms with E-state index in [4.69, 9.17) is 10.8 Å². The summed E-state index contributed by atoms with van der Waals surface area (Å²) in [5.41, 5.74) is 4.95. The topological polar surface area (TPSA) is 89.3 Å². The van der Waals surface area contributed by atoms with Gasteiger partial charge in [0, 0.05) is 12.4 Å². The number of nitrogens with zero attached hydrogens (tertiary/aromatic N) is 4. The standard InChI is InChI=1S/C8H11N5O/c1-8(9,5-14)6-11-12-7-10-3-2-4-13(6)7/h2-4,14H,5,9H2,1H3. The summed E-state index contributed by atoms with van der Waals surface area (Å²) >= 11 is 0. The smallest absolute Gasteiger partial charge is 0.255 e. The zero-order chi connectivity index (χ0) is 10.2. The minimum absolute atomic E-state index is 0.192. The molecule has 0 bridgehead atoms. The van der Waals surface area contributed by atoms with Crippen LogP contribution in [0.25, 0.3) is 5.78 Å². The van der Waals surface area contributed by atoms with Crippen LogP contribution in [0.15, 0.2) is 18.5 Å². The van der Waals surface area contributed by atoms with Gasteiger partial charge in [-0.25, -0.2) is 4.98 Å². The van der Waals surface area contributed by atoms with Gasteiger partial charge in [-0.2, -0.15) is 0 Å². The first kappa shape index (κ1) is 9.04. The summed E-state index contributed by atoms with van der Waals surface area (Å²) in [6, 6.07) is 1.76. The largest absolute Gasteiger partial charge is 0.394 e. The molecule has 0 aliphatic rings. The molecule has 1 unspecified atom stereocenters. The van der Waals surface area contributed by atoms with E-state index in [1.54, 1.807) is 29.8 Å². The molecule has 0 aliphatic carbocycles. The molecule has 0 radical (unpaired) electrons. The minimum Gasteiger partial charge on any atom is -0.394 e. The molecule has 1 atom stereocenters. The van der Waals surface area contributed by atoms with Gasteiger partial charge in [-0.05, 0) is 13.0 Å². The van der Waals surface area contributed by atoms with Crippen molar-refractivity contribution < 1.29 is 5.11 Å². The Labute approximate surface area is 80.4 Å². The van der Waals surface area contributed by atoms with Crippen LogP contribution < -0.4 is 5.73 Å². The Morgan fingerprint density at radius 3 is 3.07 bits per heavy atom. The number of nitrogens with two attached hydrogens (primary N) is 1. The average Bonchev–Trinajstić information content (AvgIpc) is 2.61. The summed E-state index contributed by atoms with van der Waals surface area (Å²) < 4.78 is 1.66. The van der Waals surface area contributed by atoms with E-state index in [2.05, 4.69) is 15.2 Å². The molecule has 2 rings (SSSR count). The highest BCUT2D eigenvalue weighted by atomic mass is 16.3. The maximum Gasteiger partial charge on any atom is 0.255 e. The second-order valence-corrected chi connectivity index (χ2v) is 3.39. The van der Waals surface area contributed by atoms with Crippen molar-refractivity contribution in [1.29, 1.82) is 0 Å². The van der Waals surface area contributed by atoms with Gasteiger partial charge in [0.25, 0.3) is 5.78 Å². The predicted molar refractivity (Wildman–Crippen MR) is 49.4 cm³/mol. The number of aliphatic hydroxyl groups is 1. The van der Waals surface area contributed by atoms with Gasteiger partial charge in [0.2, 0.25) is 0 Å². The highest BCUT2D eigenvalue weighted by Crippen LogP contribution is 2.14. The van der Waals surface area contributed by atoms with Crippen LogP contribution in [0.1, 0.15) is 12.7 Å². The summed E-state index contributed by atoms with van der Waals surface area (Å²) in [5, 5.41) is 16.8. The summed E-state index contributed by atoms with van der Waals surface area (Å²) in [5.74, 6) is 0.982. The van der Waals surface area contributed by atoms with Crippen molar-refractivity contribution in [2.24, 2.45) is 5.73 Å². The number of hydrogen-bond donors (Lipinski definition) is 2. The van der Waals surface area contributed by atoms with E-state index in [1.165, 1.54) is 0 Å². The van der Waals surface area contributed by atoms with Crippen LogP contribution in [0.3, 0.4) is 0 Å².